The van der Waals surface area contributed by atoms with Gasteiger partial charge in [0, 0.05) is 12.0 Å². The van der Waals surface area contributed by atoms with Crippen molar-refractivity contribution in [3.63, 3.8) is 0 Å². The molecule has 1 nitrogen and oxygen atoms in total. The van der Waals surface area contributed by atoms with Crippen molar-refractivity contribution in [1.82, 2.24) is 0 Å². The summed E-state index contributed by atoms with van der Waals surface area (Å²) in [5, 5.41) is 0. The summed E-state index contributed by atoms with van der Waals surface area (Å²) in [5.41, 5.74) is 6.07. The SMILES string of the molecule is NCC1(c2ccc(C(F)(F)F)cc2)CCCC1. The summed E-state index contributed by atoms with van der Waals surface area (Å²) in [6, 6.07) is 5.48. The van der Waals surface area contributed by atoms with E-state index in [1.165, 1.54) is 0 Å². The Bertz CT molecular complexity index is 375. The minimum absolute atomic E-state index is 0.0931. The van der Waals surface area contributed by atoms with E-state index in [4.69, 9.17) is 5.73 Å². The molecule has 0 radical (unpaired) electrons. The summed E-state index contributed by atoms with van der Waals surface area (Å²) in [4.78, 5) is 0. The number of benzene rings is 1. The van der Waals surface area contributed by atoms with Gasteiger partial charge in [0.15, 0.2) is 0 Å². The van der Waals surface area contributed by atoms with Crippen molar-refractivity contribution >= 4 is 0 Å². The minimum Gasteiger partial charge on any atom is -0.330 e. The van der Waals surface area contributed by atoms with Crippen LogP contribution in [0, 0.1) is 0 Å². The van der Waals surface area contributed by atoms with Gasteiger partial charge in [-0.15, -0.1) is 0 Å². The lowest BCUT2D eigenvalue weighted by Gasteiger charge is -2.28. The molecule has 0 amide bonds. The van der Waals surface area contributed by atoms with Gasteiger partial charge < -0.3 is 5.73 Å². The second kappa shape index (κ2) is 4.33. The van der Waals surface area contributed by atoms with Crippen LogP contribution in [0.15, 0.2) is 24.3 Å². The van der Waals surface area contributed by atoms with Crippen LogP contribution in [0.3, 0.4) is 0 Å². The molecule has 0 saturated heterocycles. The van der Waals surface area contributed by atoms with Gasteiger partial charge in [-0.05, 0) is 30.5 Å². The Morgan fingerprint density at radius 3 is 2.00 bits per heavy atom. The second-order valence-corrected chi connectivity index (χ2v) is 4.77. The Hall–Kier alpha value is -1.03. The minimum atomic E-state index is -4.26. The summed E-state index contributed by atoms with van der Waals surface area (Å²) in [5.74, 6) is 0. The van der Waals surface area contributed by atoms with Gasteiger partial charge in [-0.25, -0.2) is 0 Å². The topological polar surface area (TPSA) is 26.0 Å². The molecule has 1 aromatic carbocycles. The van der Waals surface area contributed by atoms with Crippen LogP contribution >= 0.6 is 0 Å². The van der Waals surface area contributed by atoms with E-state index >= 15 is 0 Å². The van der Waals surface area contributed by atoms with E-state index in [1.807, 2.05) is 0 Å². The Labute approximate surface area is 98.8 Å². The van der Waals surface area contributed by atoms with Gasteiger partial charge >= 0.3 is 6.18 Å². The van der Waals surface area contributed by atoms with Crippen molar-refractivity contribution in [3.8, 4) is 0 Å². The fraction of sp³-hybridized carbons (Fsp3) is 0.538. The largest absolute Gasteiger partial charge is 0.416 e. The summed E-state index contributed by atoms with van der Waals surface area (Å²) in [7, 11) is 0. The van der Waals surface area contributed by atoms with E-state index in [-0.39, 0.29) is 5.41 Å². The first-order chi connectivity index (χ1) is 7.98. The summed E-state index contributed by atoms with van der Waals surface area (Å²) >= 11 is 0. The van der Waals surface area contributed by atoms with Crippen molar-refractivity contribution in [2.45, 2.75) is 37.3 Å². The normalized spacial score (nSPS) is 19.5. The third kappa shape index (κ3) is 2.32. The highest BCUT2D eigenvalue weighted by Gasteiger charge is 2.35. The number of nitrogens with two attached hydrogens (primary N) is 1. The van der Waals surface area contributed by atoms with Crippen molar-refractivity contribution in [3.05, 3.63) is 35.4 Å². The van der Waals surface area contributed by atoms with Crippen molar-refractivity contribution in [2.24, 2.45) is 5.73 Å². The highest BCUT2D eigenvalue weighted by molar-refractivity contribution is 5.31. The molecule has 4 heteroatoms. The van der Waals surface area contributed by atoms with Crippen molar-refractivity contribution in [2.75, 3.05) is 6.54 Å². The predicted molar refractivity (Wildman–Crippen MR) is 60.6 cm³/mol. The van der Waals surface area contributed by atoms with Crippen LogP contribution in [0.4, 0.5) is 13.2 Å². The molecule has 17 heavy (non-hydrogen) atoms. The third-order valence-electron chi connectivity index (χ3n) is 3.78. The van der Waals surface area contributed by atoms with Gasteiger partial charge in [0.1, 0.15) is 0 Å². The summed E-state index contributed by atoms with van der Waals surface area (Å²) in [6.45, 7) is 0.512. The zero-order valence-electron chi connectivity index (χ0n) is 9.56. The average molecular weight is 243 g/mol. The molecule has 2 N–H and O–H groups in total. The Morgan fingerprint density at radius 2 is 1.59 bits per heavy atom. The monoisotopic (exact) mass is 243 g/mol. The fourth-order valence-corrected chi connectivity index (χ4v) is 2.68. The van der Waals surface area contributed by atoms with E-state index in [1.54, 1.807) is 12.1 Å². The van der Waals surface area contributed by atoms with Crippen LogP contribution in [-0.4, -0.2) is 6.54 Å². The molecule has 1 aliphatic rings. The number of rotatable bonds is 2. The smallest absolute Gasteiger partial charge is 0.330 e. The fourth-order valence-electron chi connectivity index (χ4n) is 2.68. The molecule has 0 aromatic heterocycles. The van der Waals surface area contributed by atoms with Gasteiger partial charge in [0.2, 0.25) is 0 Å². The standard InChI is InChI=1S/C13H16F3N/c14-13(15,16)11-5-3-10(4-6-11)12(9-17)7-1-2-8-12/h3-6H,1-2,7-9,17H2. The van der Waals surface area contributed by atoms with Crippen LogP contribution in [0.5, 0.6) is 0 Å². The maximum Gasteiger partial charge on any atom is 0.416 e. The Kier molecular flexibility index (Phi) is 3.17. The first-order valence-corrected chi connectivity index (χ1v) is 5.86. The lowest BCUT2D eigenvalue weighted by molar-refractivity contribution is -0.137. The highest BCUT2D eigenvalue weighted by Crippen LogP contribution is 2.41. The zero-order valence-corrected chi connectivity index (χ0v) is 9.56. The van der Waals surface area contributed by atoms with Crippen LogP contribution in [0.2, 0.25) is 0 Å². The van der Waals surface area contributed by atoms with E-state index in [0.717, 1.165) is 43.4 Å². The van der Waals surface area contributed by atoms with Crippen LogP contribution in [0.1, 0.15) is 36.8 Å². The van der Waals surface area contributed by atoms with Gasteiger partial charge in [-0.2, -0.15) is 13.2 Å². The van der Waals surface area contributed by atoms with Gasteiger partial charge in [0.05, 0.1) is 5.56 Å². The lowest BCUT2D eigenvalue weighted by Crippen LogP contribution is -2.32. The molecule has 2 rings (SSSR count). The molecule has 1 aromatic rings. The molecule has 0 heterocycles. The van der Waals surface area contributed by atoms with E-state index < -0.39 is 11.7 Å². The molecule has 1 aliphatic carbocycles. The molecule has 0 bridgehead atoms. The van der Waals surface area contributed by atoms with E-state index in [9.17, 15) is 13.2 Å². The second-order valence-electron chi connectivity index (χ2n) is 4.77. The zero-order chi connectivity index (χ0) is 12.5. The van der Waals surface area contributed by atoms with Crippen molar-refractivity contribution < 1.29 is 13.2 Å². The molecule has 0 unspecified atom stereocenters. The van der Waals surface area contributed by atoms with Gasteiger partial charge in [0.25, 0.3) is 0 Å². The third-order valence-corrected chi connectivity index (χ3v) is 3.78. The van der Waals surface area contributed by atoms with Crippen LogP contribution < -0.4 is 5.73 Å². The predicted octanol–water partition coefficient (Wildman–Crippen LogP) is 3.48. The molecule has 1 saturated carbocycles. The van der Waals surface area contributed by atoms with Gasteiger partial charge in [-0.1, -0.05) is 25.0 Å². The summed E-state index contributed by atoms with van der Waals surface area (Å²) < 4.78 is 37.3. The lowest BCUT2D eigenvalue weighted by atomic mass is 9.79. The number of alkyl halides is 3. The Balaban J connectivity index is 2.28. The molecule has 94 valence electrons. The molecule has 1 fully saturated rings. The first-order valence-electron chi connectivity index (χ1n) is 5.86. The van der Waals surface area contributed by atoms with Crippen LogP contribution in [0.25, 0.3) is 0 Å². The maximum absolute atomic E-state index is 12.4. The van der Waals surface area contributed by atoms with Crippen LogP contribution in [-0.2, 0) is 11.6 Å². The first kappa shape index (κ1) is 12.4. The van der Waals surface area contributed by atoms with E-state index in [0.29, 0.717) is 6.54 Å². The maximum atomic E-state index is 12.4. The molecule has 0 spiro atoms. The average Bonchev–Trinajstić information content (AvgIpc) is 2.78. The Morgan fingerprint density at radius 1 is 1.06 bits per heavy atom. The quantitative estimate of drug-likeness (QED) is 0.845. The van der Waals surface area contributed by atoms with Crippen molar-refractivity contribution in [1.29, 1.82) is 0 Å². The number of hydrogen-bond acceptors (Lipinski definition) is 1. The molecular weight excluding hydrogens is 227 g/mol. The van der Waals surface area contributed by atoms with E-state index in [2.05, 4.69) is 0 Å². The molecule has 0 atom stereocenters. The number of hydrogen-bond donors (Lipinski definition) is 1. The molecule has 0 aliphatic heterocycles. The molecular formula is C13H16F3N. The van der Waals surface area contributed by atoms with Gasteiger partial charge in [-0.3, -0.25) is 0 Å². The highest BCUT2D eigenvalue weighted by atomic mass is 19.4. The summed E-state index contributed by atoms with van der Waals surface area (Å²) in [6.07, 6.45) is -0.0791. The number of halogens is 3.